The highest BCUT2D eigenvalue weighted by Gasteiger charge is 2.32. The second-order valence-corrected chi connectivity index (χ2v) is 9.08. The van der Waals surface area contributed by atoms with Crippen molar-refractivity contribution in [3.63, 3.8) is 0 Å². The molecule has 0 spiro atoms. The monoisotopic (exact) mass is 359 g/mol. The van der Waals surface area contributed by atoms with Crippen LogP contribution in [0, 0.1) is 5.41 Å². The third-order valence-corrected chi connectivity index (χ3v) is 6.41. The van der Waals surface area contributed by atoms with Gasteiger partial charge < -0.3 is 10.5 Å². The minimum absolute atomic E-state index is 0.00299. The van der Waals surface area contributed by atoms with Gasteiger partial charge in [0.2, 0.25) is 0 Å². The summed E-state index contributed by atoms with van der Waals surface area (Å²) >= 11 is 1.58. The highest BCUT2D eigenvalue weighted by molar-refractivity contribution is 7.16. The van der Waals surface area contributed by atoms with E-state index in [0.717, 1.165) is 50.7 Å². The van der Waals surface area contributed by atoms with Crippen LogP contribution >= 0.6 is 11.3 Å². The molecule has 25 heavy (non-hydrogen) atoms. The summed E-state index contributed by atoms with van der Waals surface area (Å²) in [6.07, 6.45) is 9.60. The molecule has 4 rings (SSSR count). The van der Waals surface area contributed by atoms with Crippen molar-refractivity contribution in [2.45, 2.75) is 58.6 Å². The second kappa shape index (κ2) is 6.25. The van der Waals surface area contributed by atoms with Crippen molar-refractivity contribution in [1.82, 2.24) is 9.78 Å². The van der Waals surface area contributed by atoms with Gasteiger partial charge in [0, 0.05) is 17.7 Å². The number of hydrogen-bond acceptors (Lipinski definition) is 5. The minimum atomic E-state index is -0.0511. The average Bonchev–Trinajstić information content (AvgIpc) is 3.18. The van der Waals surface area contributed by atoms with Crippen molar-refractivity contribution in [2.75, 3.05) is 12.3 Å². The molecule has 1 saturated heterocycles. The molecular formula is C19H25N3O2S. The number of aromatic nitrogens is 2. The third kappa shape index (κ3) is 3.13. The number of ether oxygens (including phenoxy) is 1. The van der Waals surface area contributed by atoms with E-state index in [1.807, 2.05) is 6.20 Å². The van der Waals surface area contributed by atoms with Crippen LogP contribution in [0.1, 0.15) is 72.1 Å². The predicted molar refractivity (Wildman–Crippen MR) is 99.0 cm³/mol. The van der Waals surface area contributed by atoms with Crippen LogP contribution in [0.5, 0.6) is 0 Å². The number of nitrogen functional groups attached to an aromatic ring is 1. The van der Waals surface area contributed by atoms with E-state index >= 15 is 0 Å². The topological polar surface area (TPSA) is 70.1 Å². The lowest BCUT2D eigenvalue weighted by Crippen LogP contribution is -2.22. The Kier molecular flexibility index (Phi) is 4.20. The molecule has 1 aliphatic heterocycles. The first-order valence-electron chi connectivity index (χ1n) is 9.05. The highest BCUT2D eigenvalue weighted by Crippen LogP contribution is 2.43. The average molecular weight is 359 g/mol. The maximum Gasteiger partial charge on any atom is 0.199 e. The molecule has 0 amide bonds. The Balaban J connectivity index is 1.62. The lowest BCUT2D eigenvalue weighted by atomic mass is 9.76. The number of anilines is 1. The van der Waals surface area contributed by atoms with Crippen molar-refractivity contribution in [3.8, 4) is 0 Å². The summed E-state index contributed by atoms with van der Waals surface area (Å²) in [5.41, 5.74) is 9.00. The molecule has 134 valence electrons. The molecule has 2 aromatic rings. The molecule has 0 saturated carbocycles. The summed E-state index contributed by atoms with van der Waals surface area (Å²) < 4.78 is 7.53. The smallest absolute Gasteiger partial charge is 0.199 e. The van der Waals surface area contributed by atoms with E-state index in [1.54, 1.807) is 22.2 Å². The number of nitrogens with two attached hydrogens (primary N) is 1. The Morgan fingerprint density at radius 3 is 3.04 bits per heavy atom. The molecule has 5 nitrogen and oxygen atoms in total. The van der Waals surface area contributed by atoms with Gasteiger partial charge >= 0.3 is 0 Å². The highest BCUT2D eigenvalue weighted by atomic mass is 32.1. The number of carbonyl (C=O) groups excluding carboxylic acids is 1. The molecule has 0 aromatic carbocycles. The first kappa shape index (κ1) is 16.8. The molecule has 0 bridgehead atoms. The third-order valence-electron chi connectivity index (χ3n) is 5.35. The fraction of sp³-hybridized carbons (Fsp3) is 0.579. The van der Waals surface area contributed by atoms with Gasteiger partial charge in [-0.3, -0.25) is 4.79 Å². The Bertz CT molecular complexity index is 800. The van der Waals surface area contributed by atoms with Crippen LogP contribution in [0.15, 0.2) is 12.4 Å². The van der Waals surface area contributed by atoms with Gasteiger partial charge in [-0.2, -0.15) is 5.10 Å². The zero-order chi connectivity index (χ0) is 17.6. The van der Waals surface area contributed by atoms with E-state index in [-0.39, 0.29) is 17.4 Å². The van der Waals surface area contributed by atoms with Gasteiger partial charge in [0.1, 0.15) is 6.23 Å². The molecule has 3 heterocycles. The fourth-order valence-corrected chi connectivity index (χ4v) is 5.24. The number of nitrogens with zero attached hydrogens (tertiary/aromatic N) is 2. The summed E-state index contributed by atoms with van der Waals surface area (Å²) in [5, 5.41) is 5.02. The summed E-state index contributed by atoms with van der Waals surface area (Å²) in [7, 11) is 0. The van der Waals surface area contributed by atoms with E-state index in [4.69, 9.17) is 10.5 Å². The Morgan fingerprint density at radius 1 is 1.44 bits per heavy atom. The lowest BCUT2D eigenvalue weighted by molar-refractivity contribution is -0.0395. The van der Waals surface area contributed by atoms with Crippen molar-refractivity contribution in [3.05, 3.63) is 34.0 Å². The number of ketones is 1. The predicted octanol–water partition coefficient (Wildman–Crippen LogP) is 3.97. The Morgan fingerprint density at radius 2 is 2.28 bits per heavy atom. The first-order valence-corrected chi connectivity index (χ1v) is 9.87. The lowest BCUT2D eigenvalue weighted by Gasteiger charge is -2.29. The normalized spacial score (nSPS) is 22.6. The molecule has 1 atom stereocenters. The number of rotatable bonds is 3. The quantitative estimate of drug-likeness (QED) is 0.842. The molecule has 1 fully saturated rings. The van der Waals surface area contributed by atoms with Gasteiger partial charge in [-0.25, -0.2) is 4.68 Å². The van der Waals surface area contributed by atoms with Crippen LogP contribution in [0.3, 0.4) is 0 Å². The van der Waals surface area contributed by atoms with Gasteiger partial charge in [-0.15, -0.1) is 11.3 Å². The molecular weight excluding hydrogens is 334 g/mol. The first-order chi connectivity index (χ1) is 11.9. The second-order valence-electron chi connectivity index (χ2n) is 7.94. The van der Waals surface area contributed by atoms with E-state index in [9.17, 15) is 4.79 Å². The van der Waals surface area contributed by atoms with Crippen LogP contribution in [0.4, 0.5) is 5.00 Å². The minimum Gasteiger partial charge on any atom is -0.390 e. The molecule has 2 N–H and O–H groups in total. The van der Waals surface area contributed by atoms with E-state index in [0.29, 0.717) is 16.1 Å². The van der Waals surface area contributed by atoms with Crippen LogP contribution in [0.2, 0.25) is 0 Å². The van der Waals surface area contributed by atoms with E-state index < -0.39 is 0 Å². The maximum absolute atomic E-state index is 13.1. The van der Waals surface area contributed by atoms with Crippen molar-refractivity contribution < 1.29 is 9.53 Å². The SMILES string of the molecule is CC1(C)CCc2c(sc(N)c2C(=O)c2cnn(C3CCCCO3)c2)C1. The summed E-state index contributed by atoms with van der Waals surface area (Å²) in [6.45, 7) is 5.32. The Hall–Kier alpha value is -1.66. The van der Waals surface area contributed by atoms with Gasteiger partial charge in [0.15, 0.2) is 5.78 Å². The largest absolute Gasteiger partial charge is 0.390 e. The summed E-state index contributed by atoms with van der Waals surface area (Å²) in [6, 6.07) is 0. The van der Waals surface area contributed by atoms with E-state index in [2.05, 4.69) is 18.9 Å². The zero-order valence-electron chi connectivity index (χ0n) is 14.9. The van der Waals surface area contributed by atoms with Gasteiger partial charge in [0.05, 0.1) is 22.3 Å². The van der Waals surface area contributed by atoms with Gasteiger partial charge in [-0.05, 0) is 49.5 Å². The molecule has 1 aliphatic carbocycles. The number of carbonyl (C=O) groups is 1. The van der Waals surface area contributed by atoms with Crippen LogP contribution in [-0.4, -0.2) is 22.2 Å². The maximum atomic E-state index is 13.1. The van der Waals surface area contributed by atoms with Crippen LogP contribution < -0.4 is 5.73 Å². The van der Waals surface area contributed by atoms with Gasteiger partial charge in [0.25, 0.3) is 0 Å². The zero-order valence-corrected chi connectivity index (χ0v) is 15.7. The van der Waals surface area contributed by atoms with E-state index in [1.165, 1.54) is 4.88 Å². The fourth-order valence-electron chi connectivity index (χ4n) is 3.87. The molecule has 6 heteroatoms. The summed E-state index contributed by atoms with van der Waals surface area (Å²) in [4.78, 5) is 14.4. The molecule has 1 unspecified atom stereocenters. The molecule has 2 aromatic heterocycles. The van der Waals surface area contributed by atoms with Crippen LogP contribution in [0.25, 0.3) is 0 Å². The number of hydrogen-bond donors (Lipinski definition) is 1. The number of fused-ring (bicyclic) bond motifs is 1. The molecule has 0 radical (unpaired) electrons. The Labute approximate surface area is 152 Å². The molecule has 2 aliphatic rings. The number of thiophene rings is 1. The van der Waals surface area contributed by atoms with Crippen molar-refractivity contribution >= 4 is 22.1 Å². The van der Waals surface area contributed by atoms with Crippen LogP contribution in [-0.2, 0) is 17.6 Å². The van der Waals surface area contributed by atoms with Gasteiger partial charge in [-0.1, -0.05) is 13.8 Å². The summed E-state index contributed by atoms with van der Waals surface area (Å²) in [5.74, 6) is -0.00299. The van der Waals surface area contributed by atoms with Crippen molar-refractivity contribution in [1.29, 1.82) is 0 Å². The standard InChI is InChI=1S/C19H25N3O2S/c1-19(2)7-6-13-14(9-19)25-18(20)16(13)17(23)12-10-21-22(11-12)15-5-3-4-8-24-15/h10-11,15H,3-9,20H2,1-2H3. The van der Waals surface area contributed by atoms with Crippen molar-refractivity contribution in [2.24, 2.45) is 5.41 Å².